The molecule has 1 amide bonds. The van der Waals surface area contributed by atoms with E-state index in [4.69, 9.17) is 4.74 Å². The summed E-state index contributed by atoms with van der Waals surface area (Å²) < 4.78 is 122. The van der Waals surface area contributed by atoms with Crippen LogP contribution < -0.4 is 20.1 Å². The van der Waals surface area contributed by atoms with Crippen molar-refractivity contribution in [2.75, 3.05) is 16.2 Å². The maximum atomic E-state index is 13.7. The second-order valence-electron chi connectivity index (χ2n) is 9.59. The molecule has 0 aliphatic carbocycles. The van der Waals surface area contributed by atoms with Crippen LogP contribution in [0.2, 0.25) is 0 Å². The quantitative estimate of drug-likeness (QED) is 0.355. The number of hydrogen-bond acceptors (Lipinski definition) is 8. The molecule has 2 aromatic carbocycles. The summed E-state index contributed by atoms with van der Waals surface area (Å²) in [4.78, 5) is 25.0. The summed E-state index contributed by atoms with van der Waals surface area (Å²) in [6, 6.07) is 6.53. The zero-order chi connectivity index (χ0) is 31.1. The second kappa shape index (κ2) is 10.9. The number of halogens is 6. The number of aryl methyl sites for hydroxylation is 1. The number of aromatic amines is 1. The van der Waals surface area contributed by atoms with Gasteiger partial charge in [0.25, 0.3) is 10.0 Å². The summed E-state index contributed by atoms with van der Waals surface area (Å²) in [7, 11) is -4.69. The Kier molecular flexibility index (Phi) is 7.96. The number of benzene rings is 2. The first-order valence-corrected chi connectivity index (χ1v) is 13.4. The van der Waals surface area contributed by atoms with Gasteiger partial charge in [-0.1, -0.05) is 11.2 Å². The fourth-order valence-electron chi connectivity index (χ4n) is 3.83. The summed E-state index contributed by atoms with van der Waals surface area (Å²) in [6.45, 7) is 0.833. The van der Waals surface area contributed by atoms with Gasteiger partial charge in [-0.2, -0.15) is 26.3 Å². The third-order valence-electron chi connectivity index (χ3n) is 6.11. The number of carbonyl (C=O) groups is 1. The zero-order valence-electron chi connectivity index (χ0n) is 21.7. The van der Waals surface area contributed by atoms with Crippen LogP contribution in [-0.4, -0.2) is 49.1 Å². The van der Waals surface area contributed by atoms with E-state index in [2.05, 4.69) is 24.7 Å². The Labute approximate surface area is 233 Å². The fourth-order valence-corrected chi connectivity index (χ4v) is 5.37. The van der Waals surface area contributed by atoms with Crippen molar-refractivity contribution < 1.29 is 53.6 Å². The SMILES string of the molecule is CC(C)(OC(=O)Nc1ccc2c(c1)N(S(=O)(=O)c1cccc(C(F)(F)F)c1)CC(CCc1noc(=O)[nH]1)O2)C(F)(F)F. The summed E-state index contributed by atoms with van der Waals surface area (Å²) in [6.07, 6.45) is -12.0. The molecule has 4 rings (SSSR count). The predicted octanol–water partition coefficient (Wildman–Crippen LogP) is 4.86. The van der Waals surface area contributed by atoms with Gasteiger partial charge in [0.05, 0.1) is 22.7 Å². The molecule has 2 heterocycles. The molecule has 11 nitrogen and oxygen atoms in total. The van der Waals surface area contributed by atoms with E-state index in [-0.39, 0.29) is 35.8 Å². The lowest BCUT2D eigenvalue weighted by atomic mass is 10.1. The number of ether oxygens (including phenoxy) is 2. The molecule has 0 saturated carbocycles. The molecule has 228 valence electrons. The molecule has 0 fully saturated rings. The number of nitrogens with one attached hydrogen (secondary N) is 2. The topological polar surface area (TPSA) is 144 Å². The highest BCUT2D eigenvalue weighted by Crippen LogP contribution is 2.41. The van der Waals surface area contributed by atoms with Crippen molar-refractivity contribution in [1.82, 2.24) is 10.1 Å². The lowest BCUT2D eigenvalue weighted by Gasteiger charge is -2.36. The molecular formula is C24H22F6N4O7S. The van der Waals surface area contributed by atoms with Gasteiger partial charge in [-0.25, -0.2) is 18.0 Å². The molecule has 3 aromatic rings. The molecule has 18 heteroatoms. The highest BCUT2D eigenvalue weighted by molar-refractivity contribution is 7.92. The zero-order valence-corrected chi connectivity index (χ0v) is 22.5. The number of fused-ring (bicyclic) bond motifs is 1. The standard InChI is InChI=1S/C24H22F6N4O7S/c1-22(2,24(28,29)30)40-20(35)31-14-6-8-18-17(11-14)34(12-15(39-18)7-9-19-32-21(36)41-33-19)42(37,38)16-5-3-4-13(10-16)23(25,26)27/h3-6,8,10-11,15H,7,9,12H2,1-2H3,(H,31,35)(H,32,33,36). The highest BCUT2D eigenvalue weighted by Gasteiger charge is 2.51. The lowest BCUT2D eigenvalue weighted by molar-refractivity contribution is -0.242. The molecular weight excluding hydrogens is 602 g/mol. The van der Waals surface area contributed by atoms with Gasteiger partial charge in [-0.3, -0.25) is 19.1 Å². The first-order valence-electron chi connectivity index (χ1n) is 12.0. The largest absolute Gasteiger partial charge is 0.486 e. The summed E-state index contributed by atoms with van der Waals surface area (Å²) in [5, 5.41) is 5.59. The first-order chi connectivity index (χ1) is 19.4. The van der Waals surface area contributed by atoms with Crippen LogP contribution in [0.15, 0.2) is 56.7 Å². The fraction of sp³-hybridized carbons (Fsp3) is 0.375. The van der Waals surface area contributed by atoms with Gasteiger partial charge in [0.1, 0.15) is 11.9 Å². The highest BCUT2D eigenvalue weighted by atomic mass is 32.2. The average molecular weight is 625 g/mol. The van der Waals surface area contributed by atoms with Crippen molar-refractivity contribution in [3.63, 3.8) is 0 Å². The molecule has 0 bridgehead atoms. The Morgan fingerprint density at radius 3 is 2.48 bits per heavy atom. The number of H-pyrrole nitrogens is 1. The van der Waals surface area contributed by atoms with Gasteiger partial charge in [-0.15, -0.1) is 0 Å². The Morgan fingerprint density at radius 2 is 1.86 bits per heavy atom. The number of alkyl halides is 6. The van der Waals surface area contributed by atoms with Crippen LogP contribution >= 0.6 is 0 Å². The van der Waals surface area contributed by atoms with Crippen LogP contribution in [0.3, 0.4) is 0 Å². The summed E-state index contributed by atoms with van der Waals surface area (Å²) >= 11 is 0. The van der Waals surface area contributed by atoms with E-state index in [0.29, 0.717) is 26.0 Å². The van der Waals surface area contributed by atoms with Crippen molar-refractivity contribution in [3.05, 3.63) is 64.4 Å². The molecule has 0 radical (unpaired) electrons. The normalized spacial score (nSPS) is 16.0. The van der Waals surface area contributed by atoms with Crippen molar-refractivity contribution in [2.45, 2.75) is 55.6 Å². The van der Waals surface area contributed by atoms with Crippen molar-refractivity contribution in [2.24, 2.45) is 0 Å². The van der Waals surface area contributed by atoms with E-state index in [1.54, 1.807) is 0 Å². The molecule has 0 spiro atoms. The van der Waals surface area contributed by atoms with Crippen LogP contribution in [0, 0.1) is 0 Å². The average Bonchev–Trinajstić information content (AvgIpc) is 3.30. The van der Waals surface area contributed by atoms with Gasteiger partial charge in [0.15, 0.2) is 5.82 Å². The second-order valence-corrected chi connectivity index (χ2v) is 11.4. The maximum absolute atomic E-state index is 13.7. The molecule has 1 unspecified atom stereocenters. The van der Waals surface area contributed by atoms with Gasteiger partial charge >= 0.3 is 24.2 Å². The minimum Gasteiger partial charge on any atom is -0.486 e. The number of nitrogens with zero attached hydrogens (tertiary/aromatic N) is 2. The molecule has 1 aliphatic rings. The molecule has 0 saturated heterocycles. The number of hydrogen-bond donors (Lipinski definition) is 2. The Bertz CT molecular complexity index is 1630. The minimum atomic E-state index is -4.89. The number of sulfonamides is 1. The first kappa shape index (κ1) is 30.7. The number of anilines is 2. The van der Waals surface area contributed by atoms with E-state index < -0.39 is 62.9 Å². The Hall–Kier alpha value is -4.22. The van der Waals surface area contributed by atoms with Crippen LogP contribution in [-0.2, 0) is 27.4 Å². The van der Waals surface area contributed by atoms with Gasteiger partial charge in [0.2, 0.25) is 5.60 Å². The monoisotopic (exact) mass is 624 g/mol. The number of amides is 1. The number of aromatic nitrogens is 2. The van der Waals surface area contributed by atoms with Crippen molar-refractivity contribution >= 4 is 27.5 Å². The van der Waals surface area contributed by atoms with E-state index in [9.17, 15) is 44.3 Å². The third kappa shape index (κ3) is 6.63. The van der Waals surface area contributed by atoms with Crippen LogP contribution in [0.5, 0.6) is 5.75 Å². The van der Waals surface area contributed by atoms with E-state index >= 15 is 0 Å². The molecule has 42 heavy (non-hydrogen) atoms. The van der Waals surface area contributed by atoms with Gasteiger partial charge in [0, 0.05) is 12.1 Å². The number of carbonyl (C=O) groups excluding carboxylic acids is 1. The Balaban J connectivity index is 1.68. The summed E-state index contributed by atoms with van der Waals surface area (Å²) in [5.41, 5.74) is -4.47. The third-order valence-corrected chi connectivity index (χ3v) is 7.88. The lowest BCUT2D eigenvalue weighted by Crippen LogP contribution is -2.44. The van der Waals surface area contributed by atoms with Crippen molar-refractivity contribution in [1.29, 1.82) is 0 Å². The number of rotatable bonds is 7. The van der Waals surface area contributed by atoms with Crippen LogP contribution in [0.25, 0.3) is 0 Å². The molecule has 1 atom stereocenters. The molecule has 1 aliphatic heterocycles. The van der Waals surface area contributed by atoms with E-state index in [1.165, 1.54) is 12.1 Å². The molecule has 1 aromatic heterocycles. The minimum absolute atomic E-state index is 0.0648. The predicted molar refractivity (Wildman–Crippen MR) is 133 cm³/mol. The Morgan fingerprint density at radius 1 is 1.14 bits per heavy atom. The van der Waals surface area contributed by atoms with Crippen molar-refractivity contribution in [3.8, 4) is 5.75 Å². The summed E-state index contributed by atoms with van der Waals surface area (Å²) in [5.74, 6) is -0.739. The van der Waals surface area contributed by atoms with E-state index in [1.807, 2.05) is 0 Å². The van der Waals surface area contributed by atoms with Crippen LogP contribution in [0.4, 0.5) is 42.5 Å². The smallest absolute Gasteiger partial charge is 0.438 e. The van der Waals surface area contributed by atoms with Gasteiger partial charge < -0.3 is 9.47 Å². The van der Waals surface area contributed by atoms with Crippen LogP contribution in [0.1, 0.15) is 31.7 Å². The van der Waals surface area contributed by atoms with E-state index in [0.717, 1.165) is 22.5 Å². The maximum Gasteiger partial charge on any atom is 0.438 e. The molecule has 2 N–H and O–H groups in total. The van der Waals surface area contributed by atoms with Gasteiger partial charge in [-0.05, 0) is 56.7 Å².